The topological polar surface area (TPSA) is 84.9 Å². The Morgan fingerprint density at radius 2 is 1.84 bits per heavy atom. The number of fused-ring (bicyclic) bond motifs is 1. The Kier molecular flexibility index (Phi) is 5.50. The van der Waals surface area contributed by atoms with E-state index < -0.39 is 11.8 Å². The van der Waals surface area contributed by atoms with Gasteiger partial charge in [0.1, 0.15) is 11.5 Å². The Bertz CT molecular complexity index is 1080. The number of ether oxygens (including phenoxy) is 2. The standard InChI is InChI=1S/C24H24N2O5/c1-14-7-6-9-17-21(14)24(29)26(23(17)28)19-10-5-4-8-16(19)22(27)25-18-12-11-15(30-2)13-20(18)31-3/h4-8,10-14,17,21H,9H2,1-3H3,(H,25,27)/t14-,17+,21-/m1/s1. The van der Waals surface area contributed by atoms with Gasteiger partial charge in [-0.05, 0) is 36.6 Å². The summed E-state index contributed by atoms with van der Waals surface area (Å²) < 4.78 is 10.5. The van der Waals surface area contributed by atoms with Gasteiger partial charge in [-0.15, -0.1) is 0 Å². The number of nitrogens with one attached hydrogen (secondary N) is 1. The van der Waals surface area contributed by atoms with Crippen molar-refractivity contribution in [1.29, 1.82) is 0 Å². The third kappa shape index (κ3) is 3.56. The van der Waals surface area contributed by atoms with Crippen LogP contribution in [0.3, 0.4) is 0 Å². The van der Waals surface area contributed by atoms with Gasteiger partial charge < -0.3 is 14.8 Å². The molecule has 0 spiro atoms. The van der Waals surface area contributed by atoms with Crippen LogP contribution in [-0.2, 0) is 9.59 Å². The molecule has 0 unspecified atom stereocenters. The number of carbonyl (C=O) groups excluding carboxylic acids is 3. The van der Waals surface area contributed by atoms with Crippen molar-refractivity contribution in [2.75, 3.05) is 24.4 Å². The van der Waals surface area contributed by atoms with Crippen LogP contribution in [0.5, 0.6) is 11.5 Å². The van der Waals surface area contributed by atoms with E-state index in [1.807, 2.05) is 19.1 Å². The van der Waals surface area contributed by atoms with Crippen molar-refractivity contribution in [2.45, 2.75) is 13.3 Å². The second-order valence-corrected chi connectivity index (χ2v) is 7.70. The van der Waals surface area contributed by atoms with Gasteiger partial charge in [0.25, 0.3) is 5.91 Å². The molecule has 160 valence electrons. The molecule has 1 N–H and O–H groups in total. The fourth-order valence-corrected chi connectivity index (χ4v) is 4.34. The normalized spacial score (nSPS) is 22.3. The first-order valence-electron chi connectivity index (χ1n) is 10.1. The largest absolute Gasteiger partial charge is 0.497 e. The van der Waals surface area contributed by atoms with Crippen molar-refractivity contribution in [2.24, 2.45) is 17.8 Å². The highest BCUT2D eigenvalue weighted by atomic mass is 16.5. The Morgan fingerprint density at radius 3 is 2.55 bits per heavy atom. The predicted octanol–water partition coefficient (Wildman–Crippen LogP) is 3.66. The van der Waals surface area contributed by atoms with Gasteiger partial charge in [-0.25, -0.2) is 4.90 Å². The van der Waals surface area contributed by atoms with E-state index in [0.29, 0.717) is 29.3 Å². The molecule has 1 fully saturated rings. The van der Waals surface area contributed by atoms with E-state index in [0.717, 1.165) is 0 Å². The Hall–Kier alpha value is -3.61. The summed E-state index contributed by atoms with van der Waals surface area (Å²) in [6.07, 6.45) is 4.47. The summed E-state index contributed by atoms with van der Waals surface area (Å²) in [4.78, 5) is 40.6. The lowest BCUT2D eigenvalue weighted by Crippen LogP contribution is -2.33. The van der Waals surface area contributed by atoms with Crippen LogP contribution in [0.25, 0.3) is 0 Å². The second-order valence-electron chi connectivity index (χ2n) is 7.70. The number of anilines is 2. The fraction of sp³-hybridized carbons (Fsp3) is 0.292. The molecular weight excluding hydrogens is 396 g/mol. The van der Waals surface area contributed by atoms with E-state index in [4.69, 9.17) is 9.47 Å². The maximum absolute atomic E-state index is 13.2. The summed E-state index contributed by atoms with van der Waals surface area (Å²) in [5.41, 5.74) is 0.985. The quantitative estimate of drug-likeness (QED) is 0.589. The molecular formula is C24H24N2O5. The van der Waals surface area contributed by atoms with Crippen molar-refractivity contribution >= 4 is 29.1 Å². The van der Waals surface area contributed by atoms with E-state index in [-0.39, 0.29) is 29.2 Å². The molecule has 3 atom stereocenters. The summed E-state index contributed by atoms with van der Waals surface area (Å²) in [6, 6.07) is 11.7. The molecule has 31 heavy (non-hydrogen) atoms. The molecule has 2 aromatic carbocycles. The first-order chi connectivity index (χ1) is 15.0. The molecule has 7 heteroatoms. The van der Waals surface area contributed by atoms with E-state index in [2.05, 4.69) is 5.32 Å². The van der Waals surface area contributed by atoms with Crippen LogP contribution >= 0.6 is 0 Å². The summed E-state index contributed by atoms with van der Waals surface area (Å²) in [7, 11) is 3.04. The highest BCUT2D eigenvalue weighted by Crippen LogP contribution is 2.41. The number of hydrogen-bond acceptors (Lipinski definition) is 5. The molecule has 0 saturated carbocycles. The van der Waals surface area contributed by atoms with Crippen LogP contribution in [0, 0.1) is 17.8 Å². The average Bonchev–Trinajstić information content (AvgIpc) is 3.04. The van der Waals surface area contributed by atoms with Gasteiger partial charge in [-0.2, -0.15) is 0 Å². The van der Waals surface area contributed by atoms with Gasteiger partial charge in [0.2, 0.25) is 11.8 Å². The van der Waals surface area contributed by atoms with E-state index in [1.165, 1.54) is 12.0 Å². The first kappa shape index (κ1) is 20.7. The number of hydrogen-bond donors (Lipinski definition) is 1. The Balaban J connectivity index is 1.66. The number of imide groups is 1. The van der Waals surface area contributed by atoms with Gasteiger partial charge in [0.15, 0.2) is 0 Å². The highest BCUT2D eigenvalue weighted by Gasteiger charge is 2.51. The number of rotatable bonds is 5. The van der Waals surface area contributed by atoms with Crippen molar-refractivity contribution in [1.82, 2.24) is 0 Å². The smallest absolute Gasteiger partial charge is 0.257 e. The number of carbonyl (C=O) groups is 3. The minimum absolute atomic E-state index is 0.0234. The lowest BCUT2D eigenvalue weighted by atomic mass is 9.78. The molecule has 0 bridgehead atoms. The molecule has 2 aromatic rings. The fourth-order valence-electron chi connectivity index (χ4n) is 4.34. The van der Waals surface area contributed by atoms with Crippen LogP contribution in [0.4, 0.5) is 11.4 Å². The zero-order valence-electron chi connectivity index (χ0n) is 17.6. The van der Waals surface area contributed by atoms with Gasteiger partial charge in [-0.1, -0.05) is 31.2 Å². The minimum Gasteiger partial charge on any atom is -0.497 e. The minimum atomic E-state index is -0.444. The molecule has 2 aliphatic rings. The maximum atomic E-state index is 13.2. The summed E-state index contributed by atoms with van der Waals surface area (Å²) >= 11 is 0. The van der Waals surface area contributed by atoms with Gasteiger partial charge in [-0.3, -0.25) is 14.4 Å². The van der Waals surface area contributed by atoms with Crippen LogP contribution in [-0.4, -0.2) is 31.9 Å². The number of allylic oxidation sites excluding steroid dienone is 2. The molecule has 7 nitrogen and oxygen atoms in total. The van der Waals surface area contributed by atoms with E-state index >= 15 is 0 Å². The van der Waals surface area contributed by atoms with Crippen molar-refractivity contribution in [3.05, 3.63) is 60.2 Å². The lowest BCUT2D eigenvalue weighted by Gasteiger charge is -2.22. The van der Waals surface area contributed by atoms with Crippen LogP contribution < -0.4 is 19.7 Å². The zero-order valence-corrected chi connectivity index (χ0v) is 17.6. The SMILES string of the molecule is COc1ccc(NC(=O)c2ccccc2N2C(=O)[C@@H]3[C@H](C)C=CC[C@@H]3C2=O)c(OC)c1. The lowest BCUT2D eigenvalue weighted by molar-refractivity contribution is -0.122. The highest BCUT2D eigenvalue weighted by molar-refractivity contribution is 6.25. The molecule has 3 amide bonds. The molecule has 4 rings (SSSR count). The van der Waals surface area contributed by atoms with Gasteiger partial charge in [0, 0.05) is 6.07 Å². The molecule has 1 heterocycles. The van der Waals surface area contributed by atoms with Crippen LogP contribution in [0.1, 0.15) is 23.7 Å². The predicted molar refractivity (Wildman–Crippen MR) is 116 cm³/mol. The van der Waals surface area contributed by atoms with E-state index in [1.54, 1.807) is 49.6 Å². The number of nitrogens with zero attached hydrogens (tertiary/aromatic N) is 1. The monoisotopic (exact) mass is 420 g/mol. The van der Waals surface area contributed by atoms with Crippen LogP contribution in [0.2, 0.25) is 0 Å². The molecule has 0 aromatic heterocycles. The summed E-state index contributed by atoms with van der Waals surface area (Å²) in [5, 5.41) is 2.81. The van der Waals surface area contributed by atoms with Gasteiger partial charge in [0.05, 0.1) is 43.0 Å². The molecule has 1 aliphatic carbocycles. The van der Waals surface area contributed by atoms with Gasteiger partial charge >= 0.3 is 0 Å². The summed E-state index contributed by atoms with van der Waals surface area (Å²) in [6.45, 7) is 1.94. The average molecular weight is 420 g/mol. The first-order valence-corrected chi connectivity index (χ1v) is 10.1. The van der Waals surface area contributed by atoms with E-state index in [9.17, 15) is 14.4 Å². The second kappa shape index (κ2) is 8.26. The molecule has 1 aliphatic heterocycles. The third-order valence-electron chi connectivity index (χ3n) is 5.92. The molecule has 1 saturated heterocycles. The van der Waals surface area contributed by atoms with Crippen LogP contribution in [0.15, 0.2) is 54.6 Å². The number of para-hydroxylation sites is 1. The zero-order chi connectivity index (χ0) is 22.1. The Morgan fingerprint density at radius 1 is 1.06 bits per heavy atom. The van der Waals surface area contributed by atoms with Crippen molar-refractivity contribution < 1.29 is 23.9 Å². The third-order valence-corrected chi connectivity index (χ3v) is 5.92. The maximum Gasteiger partial charge on any atom is 0.257 e. The number of amides is 3. The number of benzene rings is 2. The number of methoxy groups -OCH3 is 2. The van der Waals surface area contributed by atoms with Crippen molar-refractivity contribution in [3.63, 3.8) is 0 Å². The molecule has 0 radical (unpaired) electrons. The summed E-state index contributed by atoms with van der Waals surface area (Å²) in [5.74, 6) is -0.730. The Labute approximate surface area is 180 Å². The van der Waals surface area contributed by atoms with Crippen molar-refractivity contribution in [3.8, 4) is 11.5 Å².